The number of halogens is 4. The van der Waals surface area contributed by atoms with Gasteiger partial charge in [-0.3, -0.25) is 0 Å². The van der Waals surface area contributed by atoms with E-state index >= 15 is 0 Å². The number of alkyl halides is 3. The molecule has 0 heterocycles. The van der Waals surface area contributed by atoms with E-state index < -0.39 is 11.7 Å². The summed E-state index contributed by atoms with van der Waals surface area (Å²) < 4.78 is 38.6. The Bertz CT molecular complexity index is 656. The predicted molar refractivity (Wildman–Crippen MR) is 68.1 cm³/mol. The molecule has 0 aliphatic heterocycles. The van der Waals surface area contributed by atoms with Gasteiger partial charge in [0.05, 0.1) is 17.2 Å². The topological polar surface area (TPSA) is 23.8 Å². The number of rotatable bonds is 1. The molecule has 0 spiro atoms. The van der Waals surface area contributed by atoms with Gasteiger partial charge < -0.3 is 0 Å². The zero-order valence-corrected chi connectivity index (χ0v) is 11.0. The van der Waals surface area contributed by atoms with Gasteiger partial charge in [0, 0.05) is 10.0 Å². The second kappa shape index (κ2) is 5.06. The first-order valence-corrected chi connectivity index (χ1v) is 6.00. The van der Waals surface area contributed by atoms with Crippen LogP contribution in [0.25, 0.3) is 11.1 Å². The Morgan fingerprint density at radius 3 is 2.58 bits per heavy atom. The second-order valence-corrected chi connectivity index (χ2v) is 4.65. The highest BCUT2D eigenvalue weighted by atomic mass is 79.9. The van der Waals surface area contributed by atoms with E-state index in [1.807, 2.05) is 6.07 Å². The number of nitrogens with zero attached hydrogens (tertiary/aromatic N) is 1. The van der Waals surface area contributed by atoms with E-state index in [4.69, 9.17) is 5.26 Å². The normalized spacial score (nSPS) is 11.1. The summed E-state index contributed by atoms with van der Waals surface area (Å²) >= 11 is 3.19. The van der Waals surface area contributed by atoms with E-state index in [0.29, 0.717) is 15.6 Å². The third kappa shape index (κ3) is 2.96. The number of benzene rings is 2. The van der Waals surface area contributed by atoms with Crippen molar-refractivity contribution in [1.82, 2.24) is 0 Å². The average Bonchev–Trinajstić information content (AvgIpc) is 2.38. The van der Waals surface area contributed by atoms with Gasteiger partial charge in [0.1, 0.15) is 0 Å². The quantitative estimate of drug-likeness (QED) is 0.738. The molecule has 0 saturated carbocycles. The van der Waals surface area contributed by atoms with Crippen LogP contribution in [-0.2, 0) is 6.18 Å². The maximum Gasteiger partial charge on any atom is 0.416 e. The van der Waals surface area contributed by atoms with Crippen molar-refractivity contribution in [1.29, 1.82) is 5.26 Å². The van der Waals surface area contributed by atoms with E-state index in [0.717, 1.165) is 12.1 Å². The molecule has 0 aliphatic rings. The molecular formula is C14H6BrF3N. The van der Waals surface area contributed by atoms with Gasteiger partial charge in [0.25, 0.3) is 0 Å². The highest BCUT2D eigenvalue weighted by Crippen LogP contribution is 2.33. The van der Waals surface area contributed by atoms with Crippen LogP contribution in [0.3, 0.4) is 0 Å². The van der Waals surface area contributed by atoms with Gasteiger partial charge in [-0.15, -0.1) is 0 Å². The first kappa shape index (κ1) is 13.6. The molecule has 0 amide bonds. The van der Waals surface area contributed by atoms with Gasteiger partial charge >= 0.3 is 6.18 Å². The standard InChI is InChI=1S/C14H6BrF3N/c15-12-5-4-10(8-19)13(7-12)9-2-1-3-11(6-9)14(16,17)18/h1-4,6-7H. The fourth-order valence-corrected chi connectivity index (χ4v) is 2.00. The molecule has 0 aromatic heterocycles. The Hall–Kier alpha value is -1.80. The van der Waals surface area contributed by atoms with Gasteiger partial charge in [-0.2, -0.15) is 18.4 Å². The van der Waals surface area contributed by atoms with E-state index in [9.17, 15) is 13.2 Å². The molecule has 0 unspecified atom stereocenters. The van der Waals surface area contributed by atoms with Crippen molar-refractivity contribution in [3.8, 4) is 17.2 Å². The third-order valence-corrected chi connectivity index (χ3v) is 2.99. The minimum atomic E-state index is -4.40. The third-order valence-electron chi connectivity index (χ3n) is 2.54. The maximum atomic E-state index is 12.7. The molecule has 2 aromatic rings. The average molecular weight is 325 g/mol. The molecule has 19 heavy (non-hydrogen) atoms. The van der Waals surface area contributed by atoms with Gasteiger partial charge in [0.2, 0.25) is 0 Å². The van der Waals surface area contributed by atoms with Crippen LogP contribution in [0.5, 0.6) is 0 Å². The van der Waals surface area contributed by atoms with Crippen molar-refractivity contribution >= 4 is 15.9 Å². The van der Waals surface area contributed by atoms with Crippen molar-refractivity contribution in [3.05, 3.63) is 58.1 Å². The predicted octanol–water partition coefficient (Wildman–Crippen LogP) is 4.81. The van der Waals surface area contributed by atoms with Crippen LogP contribution < -0.4 is 0 Å². The van der Waals surface area contributed by atoms with Crippen LogP contribution in [-0.4, -0.2) is 0 Å². The molecular weight excluding hydrogens is 319 g/mol. The molecule has 0 N–H and O–H groups in total. The summed E-state index contributed by atoms with van der Waals surface area (Å²) in [6, 6.07) is 12.6. The second-order valence-electron chi connectivity index (χ2n) is 3.80. The Morgan fingerprint density at radius 1 is 1.21 bits per heavy atom. The molecule has 5 heteroatoms. The molecule has 0 atom stereocenters. The minimum Gasteiger partial charge on any atom is -0.192 e. The lowest BCUT2D eigenvalue weighted by atomic mass is 9.98. The summed E-state index contributed by atoms with van der Waals surface area (Å²) in [5.74, 6) is 0. The number of hydrogen-bond acceptors (Lipinski definition) is 1. The molecule has 1 nitrogen and oxygen atoms in total. The largest absolute Gasteiger partial charge is 0.416 e. The highest BCUT2D eigenvalue weighted by molar-refractivity contribution is 9.10. The van der Waals surface area contributed by atoms with Gasteiger partial charge in [0.15, 0.2) is 0 Å². The van der Waals surface area contributed by atoms with Crippen molar-refractivity contribution in [2.24, 2.45) is 0 Å². The summed E-state index contributed by atoms with van der Waals surface area (Å²) in [4.78, 5) is 0. The fourth-order valence-electron chi connectivity index (χ4n) is 1.66. The molecule has 2 rings (SSSR count). The van der Waals surface area contributed by atoms with Crippen LogP contribution in [0.4, 0.5) is 13.2 Å². The van der Waals surface area contributed by atoms with Crippen LogP contribution in [0, 0.1) is 17.4 Å². The summed E-state index contributed by atoms with van der Waals surface area (Å²) in [5, 5.41) is 8.99. The Kier molecular flexibility index (Phi) is 3.63. The van der Waals surface area contributed by atoms with Gasteiger partial charge in [-0.1, -0.05) is 28.1 Å². The van der Waals surface area contributed by atoms with Crippen molar-refractivity contribution in [2.45, 2.75) is 6.18 Å². The Labute approximate surface area is 116 Å². The van der Waals surface area contributed by atoms with Crippen molar-refractivity contribution in [2.75, 3.05) is 0 Å². The smallest absolute Gasteiger partial charge is 0.192 e. The van der Waals surface area contributed by atoms with Crippen LogP contribution in [0.1, 0.15) is 11.1 Å². The SMILES string of the molecule is N#Cc1c[c]c(Br)cc1-c1cccc(C(F)(F)F)c1. The summed E-state index contributed by atoms with van der Waals surface area (Å²) in [7, 11) is 0. The Balaban J connectivity index is 2.60. The molecule has 95 valence electrons. The molecule has 0 saturated heterocycles. The molecule has 0 fully saturated rings. The van der Waals surface area contributed by atoms with E-state index in [-0.39, 0.29) is 5.56 Å². The number of nitriles is 1. The monoisotopic (exact) mass is 324 g/mol. The van der Waals surface area contributed by atoms with E-state index in [2.05, 4.69) is 22.0 Å². The highest BCUT2D eigenvalue weighted by Gasteiger charge is 2.30. The van der Waals surface area contributed by atoms with Crippen molar-refractivity contribution in [3.63, 3.8) is 0 Å². The minimum absolute atomic E-state index is 0.280. The van der Waals surface area contributed by atoms with Crippen LogP contribution >= 0.6 is 15.9 Å². The van der Waals surface area contributed by atoms with E-state index in [1.54, 1.807) is 6.07 Å². The summed E-state index contributed by atoms with van der Waals surface area (Å²) in [6.07, 6.45) is -4.40. The number of hydrogen-bond donors (Lipinski definition) is 0. The first-order chi connectivity index (χ1) is 8.91. The van der Waals surface area contributed by atoms with Crippen LogP contribution in [0.2, 0.25) is 0 Å². The molecule has 1 radical (unpaired) electrons. The summed E-state index contributed by atoms with van der Waals surface area (Å²) in [6.45, 7) is 0. The van der Waals surface area contributed by atoms with Crippen LogP contribution in [0.15, 0.2) is 40.9 Å². The van der Waals surface area contributed by atoms with Crippen molar-refractivity contribution < 1.29 is 13.2 Å². The fraction of sp³-hybridized carbons (Fsp3) is 0.0714. The zero-order valence-electron chi connectivity index (χ0n) is 9.42. The molecule has 2 aromatic carbocycles. The summed E-state index contributed by atoms with van der Waals surface area (Å²) in [5.41, 5.74) is 0.334. The molecule has 0 bridgehead atoms. The lowest BCUT2D eigenvalue weighted by Crippen LogP contribution is -2.04. The van der Waals surface area contributed by atoms with Gasteiger partial charge in [-0.05, 0) is 35.9 Å². The lowest BCUT2D eigenvalue weighted by Gasteiger charge is -2.10. The van der Waals surface area contributed by atoms with Gasteiger partial charge in [-0.25, -0.2) is 0 Å². The first-order valence-electron chi connectivity index (χ1n) is 5.21. The van der Waals surface area contributed by atoms with E-state index in [1.165, 1.54) is 18.2 Å². The zero-order chi connectivity index (χ0) is 14.0. The lowest BCUT2D eigenvalue weighted by molar-refractivity contribution is -0.137. The maximum absolute atomic E-state index is 12.7. The Morgan fingerprint density at radius 2 is 1.95 bits per heavy atom. The molecule has 0 aliphatic carbocycles.